The van der Waals surface area contributed by atoms with Crippen LogP contribution in [0.2, 0.25) is 10.0 Å². The van der Waals surface area contributed by atoms with Crippen LogP contribution in [0.3, 0.4) is 0 Å². The summed E-state index contributed by atoms with van der Waals surface area (Å²) in [5.74, 6) is 0.657. The van der Waals surface area contributed by atoms with Crippen molar-refractivity contribution >= 4 is 69.8 Å². The van der Waals surface area contributed by atoms with Crippen molar-refractivity contribution in [1.29, 1.82) is 0 Å². The van der Waals surface area contributed by atoms with Gasteiger partial charge in [0.05, 0.1) is 64.3 Å². The summed E-state index contributed by atoms with van der Waals surface area (Å²) in [6.45, 7) is 10.7. The Labute approximate surface area is 395 Å². The lowest BCUT2D eigenvalue weighted by atomic mass is 10.0. The number of carbonyl (C=O) groups is 2. The molecule has 4 heterocycles. The highest BCUT2D eigenvalue weighted by Crippen LogP contribution is 2.38. The lowest BCUT2D eigenvalue weighted by Crippen LogP contribution is -3.14. The summed E-state index contributed by atoms with van der Waals surface area (Å²) in [6, 6.07) is 49.7. The Hall–Kier alpha value is -6.82. The van der Waals surface area contributed by atoms with Gasteiger partial charge in [0, 0.05) is 54.8 Å². The molecule has 0 saturated carbocycles. The molecule has 2 saturated heterocycles. The topological polar surface area (TPSA) is 114 Å². The fourth-order valence-electron chi connectivity index (χ4n) is 8.58. The number of nitrogens with one attached hydrogen (secondary N) is 2. The van der Waals surface area contributed by atoms with Gasteiger partial charge in [0.2, 0.25) is 0 Å². The standard InChI is InChI=1S/2C25H23ClN2O.C4H4O4/c2*26-21-9-11-22(12-10-21)28-15-13-27(14-16-28)18-20-17-19-5-1-3-7-24(19)29-25-8-4-2-6-23(20)25;5-3(6)1-2-4(7)8/h2*1-12,17H,13-16,18H2;1-2H,(H,5,6)(H,7,8)/b;;2-1+. The van der Waals surface area contributed by atoms with Gasteiger partial charge in [0.25, 0.3) is 0 Å². The van der Waals surface area contributed by atoms with Crippen LogP contribution in [0.25, 0.3) is 23.3 Å². The Morgan fingerprint density at radius 3 is 1.18 bits per heavy atom. The number of carboxylic acids is 2. The van der Waals surface area contributed by atoms with Crippen molar-refractivity contribution in [2.75, 3.05) is 75.2 Å². The van der Waals surface area contributed by atoms with Crippen LogP contribution in [-0.2, 0) is 9.59 Å². The number of aliphatic carboxylic acids is 2. The number of para-hydroxylation sites is 4. The molecule has 2 N–H and O–H groups in total. The molecule has 0 unspecified atom stereocenters. The molecule has 12 heteroatoms. The van der Waals surface area contributed by atoms with Gasteiger partial charge >= 0.3 is 0 Å². The summed E-state index contributed by atoms with van der Waals surface area (Å²) >= 11 is 12.1. The second-order valence-electron chi connectivity index (χ2n) is 16.4. The minimum absolute atomic E-state index is 0.384. The van der Waals surface area contributed by atoms with Gasteiger partial charge < -0.3 is 48.9 Å². The fraction of sp³-hybridized carbons (Fsp3) is 0.185. The molecule has 4 aliphatic rings. The highest BCUT2D eigenvalue weighted by atomic mass is 35.5. The minimum Gasteiger partial charge on any atom is -0.545 e. The van der Waals surface area contributed by atoms with Crippen molar-refractivity contribution in [1.82, 2.24) is 0 Å². The van der Waals surface area contributed by atoms with Gasteiger partial charge in [-0.3, -0.25) is 0 Å². The van der Waals surface area contributed by atoms with Crippen LogP contribution in [-0.4, -0.2) is 77.4 Å². The summed E-state index contributed by atoms with van der Waals surface area (Å²) in [7, 11) is 0. The van der Waals surface area contributed by atoms with E-state index in [-0.39, 0.29) is 0 Å². The van der Waals surface area contributed by atoms with E-state index in [0.29, 0.717) is 12.2 Å². The maximum atomic E-state index is 9.41. The maximum absolute atomic E-state index is 9.41. The molecule has 2 fully saturated rings. The van der Waals surface area contributed by atoms with Gasteiger partial charge in [-0.2, -0.15) is 0 Å². The van der Waals surface area contributed by atoms with E-state index in [9.17, 15) is 19.8 Å². The molecule has 0 aliphatic carbocycles. The lowest BCUT2D eigenvalue weighted by molar-refractivity contribution is -0.892. The van der Waals surface area contributed by atoms with E-state index >= 15 is 0 Å². The molecule has 10 nitrogen and oxygen atoms in total. The van der Waals surface area contributed by atoms with Crippen molar-refractivity contribution in [2.24, 2.45) is 0 Å². The Balaban J connectivity index is 0.000000154. The van der Waals surface area contributed by atoms with Crippen molar-refractivity contribution in [3.63, 3.8) is 0 Å². The lowest BCUT2D eigenvalue weighted by Gasteiger charge is -2.34. The molecule has 10 rings (SSSR count). The van der Waals surface area contributed by atoms with Gasteiger partial charge in [-0.05, 0) is 97.1 Å². The molecule has 6 aromatic rings. The average Bonchev–Trinajstić information content (AvgIpc) is 3.60. The van der Waals surface area contributed by atoms with Crippen LogP contribution >= 0.6 is 23.2 Å². The van der Waals surface area contributed by atoms with Gasteiger partial charge in [-0.15, -0.1) is 0 Å². The van der Waals surface area contributed by atoms with E-state index in [0.717, 1.165) is 110 Å². The van der Waals surface area contributed by atoms with Crippen molar-refractivity contribution in [2.45, 2.75) is 0 Å². The molecular formula is C54H50Cl2N4O6. The third-order valence-electron chi connectivity index (χ3n) is 12.0. The maximum Gasteiger partial charge on any atom is 0.135 e. The van der Waals surface area contributed by atoms with Crippen LogP contribution in [0.15, 0.2) is 158 Å². The number of piperazine rings is 2. The number of ether oxygens (including phenoxy) is 2. The molecular weight excluding hydrogens is 872 g/mol. The van der Waals surface area contributed by atoms with Crippen molar-refractivity contribution < 1.29 is 39.1 Å². The monoisotopic (exact) mass is 920 g/mol. The van der Waals surface area contributed by atoms with Crippen molar-refractivity contribution in [3.05, 3.63) is 190 Å². The molecule has 6 aromatic carbocycles. The third kappa shape index (κ3) is 12.1. The predicted octanol–water partition coefficient (Wildman–Crippen LogP) is 5.83. The SMILES string of the molecule is Clc1ccc(N2CC[NH+](CC3=Cc4ccccc4Oc4ccccc43)CC2)cc1.Clc1ccc(N2CC[NH+](CC3=Cc4ccccc4Oc4ccccc43)CC2)cc1.O=C([O-])/C=C/C(=O)[O-]. The van der Waals surface area contributed by atoms with Gasteiger partial charge in [0.15, 0.2) is 0 Å². The Morgan fingerprint density at radius 1 is 0.485 bits per heavy atom. The summed E-state index contributed by atoms with van der Waals surface area (Å²) in [5, 5.41) is 20.4. The number of rotatable bonds is 8. The first kappa shape index (κ1) is 45.7. The molecule has 0 amide bonds. The molecule has 66 heavy (non-hydrogen) atoms. The molecule has 0 radical (unpaired) electrons. The summed E-state index contributed by atoms with van der Waals surface area (Å²) in [5.41, 5.74) is 9.93. The number of carbonyl (C=O) groups excluding carboxylic acids is 2. The zero-order valence-corrected chi connectivity index (χ0v) is 37.8. The molecule has 0 bridgehead atoms. The van der Waals surface area contributed by atoms with E-state index in [2.05, 4.69) is 107 Å². The first-order chi connectivity index (χ1) is 32.1. The quantitative estimate of drug-likeness (QED) is 0.184. The van der Waals surface area contributed by atoms with E-state index in [4.69, 9.17) is 32.7 Å². The highest BCUT2D eigenvalue weighted by molar-refractivity contribution is 6.30. The fourth-order valence-corrected chi connectivity index (χ4v) is 8.83. The van der Waals surface area contributed by atoms with Crippen LogP contribution in [0.4, 0.5) is 11.4 Å². The molecule has 336 valence electrons. The van der Waals surface area contributed by atoms with E-state index in [1.54, 1.807) is 9.80 Å². The number of quaternary nitrogens is 2. The Kier molecular flexibility index (Phi) is 15.2. The zero-order chi connectivity index (χ0) is 45.8. The van der Waals surface area contributed by atoms with E-state index in [1.807, 2.05) is 60.7 Å². The zero-order valence-electron chi connectivity index (χ0n) is 36.3. The summed E-state index contributed by atoms with van der Waals surface area (Å²) < 4.78 is 12.5. The summed E-state index contributed by atoms with van der Waals surface area (Å²) in [4.78, 5) is 26.9. The average molecular weight is 922 g/mol. The van der Waals surface area contributed by atoms with Gasteiger partial charge in [0.1, 0.15) is 36.1 Å². The molecule has 0 atom stereocenters. The van der Waals surface area contributed by atoms with Crippen LogP contribution in [0, 0.1) is 0 Å². The largest absolute Gasteiger partial charge is 0.545 e. The van der Waals surface area contributed by atoms with Gasteiger partial charge in [-0.1, -0.05) is 96.0 Å². The van der Waals surface area contributed by atoms with Crippen LogP contribution < -0.4 is 39.3 Å². The van der Waals surface area contributed by atoms with E-state index < -0.39 is 11.9 Å². The number of hydrogen-bond donors (Lipinski definition) is 2. The predicted molar refractivity (Wildman–Crippen MR) is 259 cm³/mol. The smallest absolute Gasteiger partial charge is 0.135 e. The first-order valence-electron chi connectivity index (χ1n) is 22.1. The number of fused-ring (bicyclic) bond motifs is 4. The number of anilines is 2. The van der Waals surface area contributed by atoms with Crippen LogP contribution in [0.1, 0.15) is 22.3 Å². The Bertz CT molecular complexity index is 2540. The number of halogens is 2. The number of carboxylic acid groups (broad SMARTS) is 2. The summed E-state index contributed by atoms with van der Waals surface area (Å²) in [6.07, 6.45) is 5.38. The normalized spacial score (nSPS) is 15.5. The van der Waals surface area contributed by atoms with Gasteiger partial charge in [-0.25, -0.2) is 0 Å². The second-order valence-corrected chi connectivity index (χ2v) is 17.2. The van der Waals surface area contributed by atoms with E-state index in [1.165, 1.54) is 33.6 Å². The second kappa shape index (κ2) is 21.9. The van der Waals surface area contributed by atoms with Crippen molar-refractivity contribution in [3.8, 4) is 23.0 Å². The highest BCUT2D eigenvalue weighted by Gasteiger charge is 2.26. The first-order valence-corrected chi connectivity index (χ1v) is 22.8. The minimum atomic E-state index is -1.55. The van der Waals surface area contributed by atoms with Crippen LogP contribution in [0.5, 0.6) is 23.0 Å². The number of benzene rings is 6. The third-order valence-corrected chi connectivity index (χ3v) is 12.5. The molecule has 4 aliphatic heterocycles. The Morgan fingerprint density at radius 2 is 0.818 bits per heavy atom. The molecule has 0 spiro atoms. The molecule has 0 aromatic heterocycles. The number of nitrogens with zero attached hydrogens (tertiary/aromatic N) is 2. The number of hydrogen-bond acceptors (Lipinski definition) is 8.